The highest BCUT2D eigenvalue weighted by molar-refractivity contribution is 5.89. The first-order valence-corrected chi connectivity index (χ1v) is 8.27. The maximum Gasteiger partial charge on any atom is 0.221 e. The zero-order chi connectivity index (χ0) is 18.5. The molecule has 2 N–H and O–H groups in total. The van der Waals surface area contributed by atoms with E-state index in [1.165, 1.54) is 20.8 Å². The molecule has 0 fully saturated rings. The third-order valence-corrected chi connectivity index (χ3v) is 3.48. The Morgan fingerprint density at radius 2 is 1.29 bits per heavy atom. The first kappa shape index (κ1) is 21.9. The van der Waals surface area contributed by atoms with Gasteiger partial charge in [0, 0.05) is 32.2 Å². The standard InChI is InChI=1S/C17H28N2O5/c1-12(20)7-9-16(23)18-11-5-4-6-15(14(3)22)19-17(24)10-8-13(2)21/h15H,4-11H2,1-3H3,(H,18,23)(H,19,24). The third kappa shape index (κ3) is 12.5. The summed E-state index contributed by atoms with van der Waals surface area (Å²) < 4.78 is 0. The van der Waals surface area contributed by atoms with Gasteiger partial charge in [-0.25, -0.2) is 0 Å². The van der Waals surface area contributed by atoms with E-state index in [1.807, 2.05) is 0 Å². The van der Waals surface area contributed by atoms with Crippen molar-refractivity contribution in [3.05, 3.63) is 0 Å². The molecule has 7 nitrogen and oxygen atoms in total. The minimum atomic E-state index is -0.558. The van der Waals surface area contributed by atoms with Gasteiger partial charge in [-0.05, 0) is 40.0 Å². The Bertz CT molecular complexity index is 474. The van der Waals surface area contributed by atoms with Crippen molar-refractivity contribution in [1.29, 1.82) is 0 Å². The van der Waals surface area contributed by atoms with Gasteiger partial charge in [0.1, 0.15) is 11.6 Å². The van der Waals surface area contributed by atoms with Crippen LogP contribution in [0.25, 0.3) is 0 Å². The van der Waals surface area contributed by atoms with Crippen LogP contribution in [0.3, 0.4) is 0 Å². The van der Waals surface area contributed by atoms with Crippen molar-refractivity contribution >= 4 is 29.2 Å². The normalized spacial score (nSPS) is 11.5. The topological polar surface area (TPSA) is 109 Å². The second-order valence-electron chi connectivity index (χ2n) is 5.98. The van der Waals surface area contributed by atoms with Gasteiger partial charge in [-0.15, -0.1) is 0 Å². The van der Waals surface area contributed by atoms with E-state index in [0.717, 1.165) is 0 Å². The average Bonchev–Trinajstić information content (AvgIpc) is 2.49. The number of carbonyl (C=O) groups excluding carboxylic acids is 5. The molecule has 1 atom stereocenters. The molecule has 2 amide bonds. The maximum absolute atomic E-state index is 11.7. The van der Waals surface area contributed by atoms with Gasteiger partial charge in [0.05, 0.1) is 6.04 Å². The quantitative estimate of drug-likeness (QED) is 0.488. The number of rotatable bonds is 13. The summed E-state index contributed by atoms with van der Waals surface area (Å²) in [4.78, 5) is 56.3. The van der Waals surface area contributed by atoms with Gasteiger partial charge in [-0.3, -0.25) is 14.4 Å². The van der Waals surface area contributed by atoms with E-state index < -0.39 is 6.04 Å². The molecule has 7 heteroatoms. The van der Waals surface area contributed by atoms with Gasteiger partial charge in [0.25, 0.3) is 0 Å². The molecule has 0 aromatic carbocycles. The minimum absolute atomic E-state index is 0.0186. The fourth-order valence-electron chi connectivity index (χ4n) is 2.01. The minimum Gasteiger partial charge on any atom is -0.356 e. The number of nitrogens with one attached hydrogen (secondary N) is 2. The van der Waals surface area contributed by atoms with Crippen molar-refractivity contribution in [1.82, 2.24) is 10.6 Å². The fourth-order valence-corrected chi connectivity index (χ4v) is 2.01. The maximum atomic E-state index is 11.7. The zero-order valence-electron chi connectivity index (χ0n) is 14.8. The molecule has 0 spiro atoms. The lowest BCUT2D eigenvalue weighted by atomic mass is 10.1. The van der Waals surface area contributed by atoms with Gasteiger partial charge in [-0.1, -0.05) is 0 Å². The number of ketones is 3. The Kier molecular flexibility index (Phi) is 11.3. The van der Waals surface area contributed by atoms with Crippen LogP contribution >= 0.6 is 0 Å². The Morgan fingerprint density at radius 1 is 0.750 bits per heavy atom. The highest BCUT2D eigenvalue weighted by Crippen LogP contribution is 2.03. The molecular formula is C17H28N2O5. The number of unbranched alkanes of at least 4 members (excludes halogenated alkanes) is 1. The predicted molar refractivity (Wildman–Crippen MR) is 89.3 cm³/mol. The number of Topliss-reactive ketones (excluding diaryl/α,β-unsaturated/α-hetero) is 3. The molecule has 0 bridgehead atoms. The van der Waals surface area contributed by atoms with Crippen molar-refractivity contribution in [3.8, 4) is 0 Å². The third-order valence-electron chi connectivity index (χ3n) is 3.48. The summed E-state index contributed by atoms with van der Waals surface area (Å²) in [5.74, 6) is -0.675. The van der Waals surface area contributed by atoms with Crippen LogP contribution in [-0.2, 0) is 24.0 Å². The Hall–Kier alpha value is -2.05. The number of hydrogen-bond donors (Lipinski definition) is 2. The first-order valence-electron chi connectivity index (χ1n) is 8.27. The van der Waals surface area contributed by atoms with E-state index in [1.54, 1.807) is 0 Å². The summed E-state index contributed by atoms with van der Waals surface area (Å²) >= 11 is 0. The van der Waals surface area contributed by atoms with Crippen LogP contribution in [0.1, 0.15) is 65.7 Å². The van der Waals surface area contributed by atoms with E-state index in [-0.39, 0.29) is 54.8 Å². The fraction of sp³-hybridized carbons (Fsp3) is 0.706. The molecule has 0 aromatic rings. The Labute approximate surface area is 142 Å². The van der Waals surface area contributed by atoms with Crippen LogP contribution in [0.5, 0.6) is 0 Å². The molecule has 24 heavy (non-hydrogen) atoms. The number of hydrogen-bond acceptors (Lipinski definition) is 5. The molecule has 0 saturated heterocycles. The summed E-state index contributed by atoms with van der Waals surface area (Å²) in [5, 5.41) is 5.35. The smallest absolute Gasteiger partial charge is 0.221 e. The highest BCUT2D eigenvalue weighted by atomic mass is 16.2. The molecular weight excluding hydrogens is 312 g/mol. The van der Waals surface area contributed by atoms with E-state index >= 15 is 0 Å². The predicted octanol–water partition coefficient (Wildman–Crippen LogP) is 1.09. The van der Waals surface area contributed by atoms with Crippen LogP contribution in [-0.4, -0.2) is 41.8 Å². The van der Waals surface area contributed by atoms with E-state index in [9.17, 15) is 24.0 Å². The van der Waals surface area contributed by atoms with Gasteiger partial charge < -0.3 is 20.2 Å². The van der Waals surface area contributed by atoms with E-state index in [2.05, 4.69) is 10.6 Å². The zero-order valence-corrected chi connectivity index (χ0v) is 14.8. The van der Waals surface area contributed by atoms with Crippen molar-refractivity contribution in [2.75, 3.05) is 6.54 Å². The van der Waals surface area contributed by atoms with Crippen molar-refractivity contribution < 1.29 is 24.0 Å². The van der Waals surface area contributed by atoms with Gasteiger partial charge >= 0.3 is 0 Å². The monoisotopic (exact) mass is 340 g/mol. The number of amides is 2. The molecule has 0 aromatic heterocycles. The van der Waals surface area contributed by atoms with Crippen molar-refractivity contribution in [3.63, 3.8) is 0 Å². The molecule has 0 heterocycles. The molecule has 0 radical (unpaired) electrons. The summed E-state index contributed by atoms with van der Waals surface area (Å²) in [5.41, 5.74) is 0. The summed E-state index contributed by atoms with van der Waals surface area (Å²) in [6.07, 6.45) is 2.53. The van der Waals surface area contributed by atoms with E-state index in [4.69, 9.17) is 0 Å². The highest BCUT2D eigenvalue weighted by Gasteiger charge is 2.16. The summed E-state index contributed by atoms with van der Waals surface area (Å²) in [6.45, 7) is 4.75. The second-order valence-corrected chi connectivity index (χ2v) is 5.98. The van der Waals surface area contributed by atoms with Crippen molar-refractivity contribution in [2.24, 2.45) is 0 Å². The van der Waals surface area contributed by atoms with Crippen molar-refractivity contribution in [2.45, 2.75) is 71.8 Å². The van der Waals surface area contributed by atoms with Crippen LogP contribution in [0.2, 0.25) is 0 Å². The molecule has 0 aliphatic carbocycles. The molecule has 136 valence electrons. The summed E-state index contributed by atoms with van der Waals surface area (Å²) in [6, 6.07) is -0.558. The molecule has 0 saturated carbocycles. The average molecular weight is 340 g/mol. The lowest BCUT2D eigenvalue weighted by Gasteiger charge is -2.15. The van der Waals surface area contributed by atoms with Crippen LogP contribution < -0.4 is 10.6 Å². The van der Waals surface area contributed by atoms with Crippen LogP contribution in [0.15, 0.2) is 0 Å². The summed E-state index contributed by atoms with van der Waals surface area (Å²) in [7, 11) is 0. The largest absolute Gasteiger partial charge is 0.356 e. The van der Waals surface area contributed by atoms with Gasteiger partial charge in [-0.2, -0.15) is 0 Å². The molecule has 1 unspecified atom stereocenters. The van der Waals surface area contributed by atoms with Gasteiger partial charge in [0.15, 0.2) is 5.78 Å². The Morgan fingerprint density at radius 3 is 1.79 bits per heavy atom. The van der Waals surface area contributed by atoms with E-state index in [0.29, 0.717) is 25.8 Å². The number of carbonyl (C=O) groups is 5. The van der Waals surface area contributed by atoms with Crippen LogP contribution in [0.4, 0.5) is 0 Å². The SMILES string of the molecule is CC(=O)CCC(=O)NCCCCC(NC(=O)CCC(C)=O)C(C)=O. The lowest BCUT2D eigenvalue weighted by Crippen LogP contribution is -2.39. The first-order chi connectivity index (χ1) is 11.2. The lowest BCUT2D eigenvalue weighted by molar-refractivity contribution is -0.128. The molecule has 0 aliphatic rings. The Balaban J connectivity index is 3.95. The second kappa shape index (κ2) is 12.4. The molecule has 0 rings (SSSR count). The van der Waals surface area contributed by atoms with Gasteiger partial charge in [0.2, 0.25) is 11.8 Å². The van der Waals surface area contributed by atoms with Crippen LogP contribution in [0, 0.1) is 0 Å². The molecule has 0 aliphatic heterocycles.